The van der Waals surface area contributed by atoms with Crippen LogP contribution >= 0.6 is 11.6 Å². The monoisotopic (exact) mass is 323 g/mol. The highest BCUT2D eigenvalue weighted by Gasteiger charge is 2.22. The first-order chi connectivity index (χ1) is 9.86. The molecule has 0 heterocycles. The van der Waals surface area contributed by atoms with E-state index in [1.165, 1.54) is 4.31 Å². The zero-order valence-electron chi connectivity index (χ0n) is 12.3. The molecule has 3 nitrogen and oxygen atoms in total. The van der Waals surface area contributed by atoms with Gasteiger partial charge in [0, 0.05) is 12.9 Å². The average Bonchev–Trinajstić information content (AvgIpc) is 2.46. The fraction of sp³-hybridized carbons (Fsp3) is 0.250. The van der Waals surface area contributed by atoms with E-state index in [0.29, 0.717) is 11.6 Å². The van der Waals surface area contributed by atoms with Crippen LogP contribution in [0.15, 0.2) is 47.4 Å². The van der Waals surface area contributed by atoms with Crippen molar-refractivity contribution >= 4 is 27.3 Å². The molecule has 0 fully saturated rings. The molecule has 0 N–H and O–H groups in total. The molecule has 0 aliphatic carbocycles. The maximum absolute atomic E-state index is 12.7. The molecule has 0 amide bonds. The molecule has 0 bridgehead atoms. The standard InChI is InChI=1S/C16H18ClNO2S/c1-12-4-9-16(13(2)10-12)18(3)21(19,20)15-7-5-14(11-17)6-8-15/h4-10H,11H2,1-3H3. The third kappa shape index (κ3) is 3.22. The van der Waals surface area contributed by atoms with Crippen molar-refractivity contribution in [3.05, 3.63) is 59.2 Å². The second-order valence-corrected chi connectivity index (χ2v) is 7.28. The van der Waals surface area contributed by atoms with Crippen molar-refractivity contribution in [2.24, 2.45) is 0 Å². The number of benzene rings is 2. The van der Waals surface area contributed by atoms with Crippen LogP contribution in [0.1, 0.15) is 16.7 Å². The van der Waals surface area contributed by atoms with Gasteiger partial charge in [-0.25, -0.2) is 8.42 Å². The van der Waals surface area contributed by atoms with Gasteiger partial charge in [-0.3, -0.25) is 4.31 Å². The van der Waals surface area contributed by atoms with Crippen molar-refractivity contribution in [2.75, 3.05) is 11.4 Å². The van der Waals surface area contributed by atoms with Crippen LogP contribution in [0.5, 0.6) is 0 Å². The summed E-state index contributed by atoms with van der Waals surface area (Å²) in [6.45, 7) is 3.89. The highest BCUT2D eigenvalue weighted by atomic mass is 35.5. The molecule has 0 aliphatic rings. The lowest BCUT2D eigenvalue weighted by molar-refractivity contribution is 0.594. The topological polar surface area (TPSA) is 37.4 Å². The maximum Gasteiger partial charge on any atom is 0.264 e. The van der Waals surface area contributed by atoms with Gasteiger partial charge in [-0.15, -0.1) is 11.6 Å². The zero-order chi connectivity index (χ0) is 15.6. The second-order valence-electron chi connectivity index (χ2n) is 5.04. The van der Waals surface area contributed by atoms with E-state index in [2.05, 4.69) is 0 Å². The summed E-state index contributed by atoms with van der Waals surface area (Å²) < 4.78 is 26.6. The molecule has 0 aromatic heterocycles. The molecule has 0 saturated heterocycles. The number of rotatable bonds is 4. The molecule has 0 aliphatic heterocycles. The van der Waals surface area contributed by atoms with E-state index in [4.69, 9.17) is 11.6 Å². The average molecular weight is 324 g/mol. The van der Waals surface area contributed by atoms with Crippen molar-refractivity contribution in [3.8, 4) is 0 Å². The van der Waals surface area contributed by atoms with Crippen LogP contribution in [-0.2, 0) is 15.9 Å². The van der Waals surface area contributed by atoms with Crippen molar-refractivity contribution in [2.45, 2.75) is 24.6 Å². The number of hydrogen-bond donors (Lipinski definition) is 0. The molecule has 112 valence electrons. The molecule has 0 spiro atoms. The number of halogens is 1. The Balaban J connectivity index is 2.42. The van der Waals surface area contributed by atoms with Gasteiger partial charge in [0.2, 0.25) is 0 Å². The molecule has 0 radical (unpaired) electrons. The third-order valence-electron chi connectivity index (χ3n) is 3.43. The van der Waals surface area contributed by atoms with E-state index in [1.54, 1.807) is 31.3 Å². The van der Waals surface area contributed by atoms with Crippen molar-refractivity contribution in [1.29, 1.82) is 0 Å². The summed E-state index contributed by atoms with van der Waals surface area (Å²) in [7, 11) is -1.99. The van der Waals surface area contributed by atoms with Crippen LogP contribution in [-0.4, -0.2) is 15.5 Å². The quantitative estimate of drug-likeness (QED) is 0.801. The lowest BCUT2D eigenvalue weighted by Gasteiger charge is -2.21. The normalized spacial score (nSPS) is 11.4. The maximum atomic E-state index is 12.7. The minimum atomic E-state index is -3.56. The molecule has 21 heavy (non-hydrogen) atoms. The van der Waals surface area contributed by atoms with Gasteiger partial charge in [-0.2, -0.15) is 0 Å². The predicted molar refractivity (Wildman–Crippen MR) is 87.5 cm³/mol. The second kappa shape index (κ2) is 6.08. The summed E-state index contributed by atoms with van der Waals surface area (Å²) in [5.41, 5.74) is 3.61. The first kappa shape index (κ1) is 15.9. The lowest BCUT2D eigenvalue weighted by Crippen LogP contribution is -2.27. The van der Waals surface area contributed by atoms with Gasteiger partial charge in [-0.05, 0) is 43.2 Å². The summed E-state index contributed by atoms with van der Waals surface area (Å²) in [5, 5.41) is 0. The first-order valence-electron chi connectivity index (χ1n) is 6.57. The van der Waals surface area contributed by atoms with Gasteiger partial charge in [0.1, 0.15) is 0 Å². The van der Waals surface area contributed by atoms with Gasteiger partial charge in [0.25, 0.3) is 10.0 Å². The van der Waals surface area contributed by atoms with Crippen LogP contribution < -0.4 is 4.31 Å². The molecular weight excluding hydrogens is 306 g/mol. The molecule has 0 saturated carbocycles. The molecule has 2 aromatic rings. The Morgan fingerprint density at radius 3 is 2.19 bits per heavy atom. The number of nitrogens with zero attached hydrogens (tertiary/aromatic N) is 1. The highest BCUT2D eigenvalue weighted by Crippen LogP contribution is 2.26. The van der Waals surface area contributed by atoms with E-state index in [-0.39, 0.29) is 4.90 Å². The predicted octanol–water partition coefficient (Wildman–Crippen LogP) is 3.87. The van der Waals surface area contributed by atoms with Gasteiger partial charge >= 0.3 is 0 Å². The van der Waals surface area contributed by atoms with Crippen LogP contribution in [0.3, 0.4) is 0 Å². The molecule has 2 aromatic carbocycles. The van der Waals surface area contributed by atoms with Crippen molar-refractivity contribution in [1.82, 2.24) is 0 Å². The van der Waals surface area contributed by atoms with E-state index in [9.17, 15) is 8.42 Å². The minimum Gasteiger partial charge on any atom is -0.269 e. The number of sulfonamides is 1. The SMILES string of the molecule is Cc1ccc(N(C)S(=O)(=O)c2ccc(CCl)cc2)c(C)c1. The summed E-state index contributed by atoms with van der Waals surface area (Å²) in [4.78, 5) is 0.263. The smallest absolute Gasteiger partial charge is 0.264 e. The number of hydrogen-bond acceptors (Lipinski definition) is 2. The van der Waals surface area contributed by atoms with Gasteiger partial charge in [0.15, 0.2) is 0 Å². The van der Waals surface area contributed by atoms with Crippen molar-refractivity contribution in [3.63, 3.8) is 0 Å². The summed E-state index contributed by atoms with van der Waals surface area (Å²) in [5.74, 6) is 0.368. The van der Waals surface area contributed by atoms with Gasteiger partial charge in [-0.1, -0.05) is 29.8 Å². The van der Waals surface area contributed by atoms with Crippen LogP contribution in [0.2, 0.25) is 0 Å². The Kier molecular flexibility index (Phi) is 4.59. The molecule has 0 atom stereocenters. The Morgan fingerprint density at radius 1 is 1.05 bits per heavy atom. The summed E-state index contributed by atoms with van der Waals surface area (Å²) >= 11 is 5.73. The van der Waals surface area contributed by atoms with Crippen LogP contribution in [0, 0.1) is 13.8 Å². The van der Waals surface area contributed by atoms with Crippen LogP contribution in [0.4, 0.5) is 5.69 Å². The fourth-order valence-electron chi connectivity index (χ4n) is 2.20. The summed E-state index contributed by atoms with van der Waals surface area (Å²) in [6.07, 6.45) is 0. The molecule has 2 rings (SSSR count). The Labute approximate surface area is 131 Å². The largest absolute Gasteiger partial charge is 0.269 e. The van der Waals surface area contributed by atoms with Gasteiger partial charge < -0.3 is 0 Å². The van der Waals surface area contributed by atoms with E-state index in [0.717, 1.165) is 16.7 Å². The fourth-order valence-corrected chi connectivity index (χ4v) is 3.64. The Bertz CT molecular complexity index is 739. The molecule has 5 heteroatoms. The highest BCUT2D eigenvalue weighted by molar-refractivity contribution is 7.92. The van der Waals surface area contributed by atoms with Gasteiger partial charge in [0.05, 0.1) is 10.6 Å². The van der Waals surface area contributed by atoms with Crippen molar-refractivity contribution < 1.29 is 8.42 Å². The van der Waals surface area contributed by atoms with E-state index < -0.39 is 10.0 Å². The summed E-state index contributed by atoms with van der Waals surface area (Å²) in [6, 6.07) is 12.4. The van der Waals surface area contributed by atoms with E-state index >= 15 is 0 Å². The third-order valence-corrected chi connectivity index (χ3v) is 5.52. The first-order valence-corrected chi connectivity index (χ1v) is 8.55. The minimum absolute atomic E-state index is 0.263. The molecule has 0 unspecified atom stereocenters. The number of alkyl halides is 1. The number of anilines is 1. The van der Waals surface area contributed by atoms with E-state index in [1.807, 2.05) is 32.0 Å². The number of aryl methyl sites for hydroxylation is 2. The molecular formula is C16H18ClNO2S. The Morgan fingerprint density at radius 2 is 1.67 bits per heavy atom. The lowest BCUT2D eigenvalue weighted by atomic mass is 10.1. The van der Waals surface area contributed by atoms with Crippen LogP contribution in [0.25, 0.3) is 0 Å². The Hall–Kier alpha value is -1.52. The zero-order valence-corrected chi connectivity index (χ0v) is 13.9.